The molecule has 1 aliphatic heterocycles. The zero-order valence-corrected chi connectivity index (χ0v) is 19.0. The maximum absolute atomic E-state index is 6.60. The number of halogens is 2. The molecule has 4 rings (SSSR count). The highest BCUT2D eigenvalue weighted by molar-refractivity contribution is 6.41. The van der Waals surface area contributed by atoms with E-state index in [2.05, 4.69) is 10.3 Å². The summed E-state index contributed by atoms with van der Waals surface area (Å²) in [5, 5.41) is 5.77. The number of ether oxygens (including phenoxy) is 4. The molecule has 0 bridgehead atoms. The number of hydrogen-bond donors (Lipinski definition) is 1. The number of methoxy groups -OCH3 is 2. The first-order chi connectivity index (χ1) is 15.0. The second-order valence-corrected chi connectivity index (χ2v) is 7.78. The van der Waals surface area contributed by atoms with Gasteiger partial charge in [-0.3, -0.25) is 0 Å². The number of benzene rings is 1. The lowest BCUT2D eigenvalue weighted by Gasteiger charge is -2.17. The molecule has 1 fully saturated rings. The van der Waals surface area contributed by atoms with E-state index >= 15 is 0 Å². The van der Waals surface area contributed by atoms with Crippen LogP contribution in [0.5, 0.6) is 17.4 Å². The summed E-state index contributed by atoms with van der Waals surface area (Å²) in [4.78, 5) is 9.28. The Balaban J connectivity index is 1.85. The third-order valence-electron chi connectivity index (χ3n) is 5.07. The molecule has 164 valence electrons. The lowest BCUT2D eigenvalue weighted by atomic mass is 10.1. The van der Waals surface area contributed by atoms with Gasteiger partial charge >= 0.3 is 0 Å². The maximum Gasteiger partial charge on any atom is 0.222 e. The minimum atomic E-state index is 0.245. The largest absolute Gasteiger partial charge is 0.495 e. The van der Waals surface area contributed by atoms with Crippen molar-refractivity contribution in [3.8, 4) is 28.6 Å². The van der Waals surface area contributed by atoms with Crippen LogP contribution in [0.2, 0.25) is 10.0 Å². The third-order valence-corrected chi connectivity index (χ3v) is 5.82. The molecule has 7 nitrogen and oxygen atoms in total. The zero-order chi connectivity index (χ0) is 22.0. The second-order valence-electron chi connectivity index (χ2n) is 7.03. The van der Waals surface area contributed by atoms with Crippen molar-refractivity contribution in [3.05, 3.63) is 34.4 Å². The monoisotopic (exact) mass is 463 g/mol. The molecule has 9 heteroatoms. The number of anilines is 1. The van der Waals surface area contributed by atoms with E-state index in [1.807, 2.05) is 19.1 Å². The normalized spacial score (nSPS) is 15.8. The Morgan fingerprint density at radius 1 is 1.13 bits per heavy atom. The fourth-order valence-corrected chi connectivity index (χ4v) is 4.23. The molecule has 1 unspecified atom stereocenters. The van der Waals surface area contributed by atoms with Gasteiger partial charge in [-0.1, -0.05) is 23.2 Å². The summed E-state index contributed by atoms with van der Waals surface area (Å²) < 4.78 is 22.1. The summed E-state index contributed by atoms with van der Waals surface area (Å²) in [5.41, 5.74) is 1.04. The molecule has 0 amide bonds. The van der Waals surface area contributed by atoms with Crippen LogP contribution in [0.15, 0.2) is 24.4 Å². The molecule has 1 N–H and O–H groups in total. The molecule has 2 aromatic heterocycles. The summed E-state index contributed by atoms with van der Waals surface area (Å²) in [6.45, 7) is 3.79. The Kier molecular flexibility index (Phi) is 6.55. The summed E-state index contributed by atoms with van der Waals surface area (Å²) >= 11 is 13.2. The van der Waals surface area contributed by atoms with Gasteiger partial charge in [-0.2, -0.15) is 0 Å². The summed E-state index contributed by atoms with van der Waals surface area (Å²) in [7, 11) is 3.07. The number of rotatable bonds is 7. The Labute approximate surface area is 190 Å². The smallest absolute Gasteiger partial charge is 0.222 e. The SMILES string of the molecule is CCOc1nc(-c2c(Cl)c(OC)cc(OC)c2Cl)cc2cnc(NC3CCOC3)cc12. The van der Waals surface area contributed by atoms with E-state index < -0.39 is 0 Å². The minimum absolute atomic E-state index is 0.245. The van der Waals surface area contributed by atoms with Crippen molar-refractivity contribution in [2.24, 2.45) is 0 Å². The van der Waals surface area contributed by atoms with Gasteiger partial charge in [-0.15, -0.1) is 0 Å². The van der Waals surface area contributed by atoms with E-state index in [1.165, 1.54) is 14.2 Å². The van der Waals surface area contributed by atoms with Crippen molar-refractivity contribution in [2.75, 3.05) is 39.4 Å². The Hall–Kier alpha value is -2.48. The van der Waals surface area contributed by atoms with Crippen molar-refractivity contribution in [3.63, 3.8) is 0 Å². The van der Waals surface area contributed by atoms with Crippen LogP contribution in [-0.4, -0.2) is 50.1 Å². The Morgan fingerprint density at radius 3 is 2.48 bits per heavy atom. The van der Waals surface area contributed by atoms with Crippen LogP contribution in [-0.2, 0) is 4.74 Å². The standard InChI is InChI=1S/C22H23Cl2N3O4/c1-4-31-22-14-8-18(26-13-5-6-30-11-13)25-10-12(14)7-15(27-22)19-20(23)16(28-2)9-17(29-3)21(19)24/h7-10,13H,4-6,11H2,1-3H3,(H,25,26). The fourth-order valence-electron chi connectivity index (χ4n) is 3.54. The van der Waals surface area contributed by atoms with E-state index in [0.29, 0.717) is 51.9 Å². The van der Waals surface area contributed by atoms with E-state index in [1.54, 1.807) is 12.3 Å². The minimum Gasteiger partial charge on any atom is -0.495 e. The van der Waals surface area contributed by atoms with Gasteiger partial charge in [-0.25, -0.2) is 9.97 Å². The molecule has 31 heavy (non-hydrogen) atoms. The number of fused-ring (bicyclic) bond motifs is 1. The van der Waals surface area contributed by atoms with Crippen molar-refractivity contribution in [1.82, 2.24) is 9.97 Å². The van der Waals surface area contributed by atoms with E-state index in [0.717, 1.165) is 29.6 Å². The van der Waals surface area contributed by atoms with Crippen LogP contribution in [0.1, 0.15) is 13.3 Å². The van der Waals surface area contributed by atoms with E-state index in [9.17, 15) is 0 Å². The summed E-state index contributed by atoms with van der Waals surface area (Å²) in [6.07, 6.45) is 2.73. The first-order valence-electron chi connectivity index (χ1n) is 9.93. The molecular formula is C22H23Cl2N3O4. The van der Waals surface area contributed by atoms with Gasteiger partial charge in [0.2, 0.25) is 5.88 Å². The maximum atomic E-state index is 6.60. The van der Waals surface area contributed by atoms with Gasteiger partial charge in [0.1, 0.15) is 17.3 Å². The topological polar surface area (TPSA) is 74.7 Å². The lowest BCUT2D eigenvalue weighted by Crippen LogP contribution is -2.19. The molecule has 1 atom stereocenters. The third kappa shape index (κ3) is 4.31. The van der Waals surface area contributed by atoms with Gasteiger partial charge in [-0.05, 0) is 25.5 Å². The quantitative estimate of drug-likeness (QED) is 0.514. The first-order valence-corrected chi connectivity index (χ1v) is 10.7. The first kappa shape index (κ1) is 21.7. The van der Waals surface area contributed by atoms with E-state index in [-0.39, 0.29) is 6.04 Å². The molecule has 1 aromatic carbocycles. The van der Waals surface area contributed by atoms with Crippen molar-refractivity contribution in [2.45, 2.75) is 19.4 Å². The number of nitrogens with zero attached hydrogens (tertiary/aromatic N) is 2. The van der Waals surface area contributed by atoms with Gasteiger partial charge in [0.15, 0.2) is 0 Å². The summed E-state index contributed by atoms with van der Waals surface area (Å²) in [6, 6.07) is 5.70. The predicted octanol–water partition coefficient (Wildman–Crippen LogP) is 5.22. The van der Waals surface area contributed by atoms with Crippen molar-refractivity contribution >= 4 is 39.8 Å². The molecule has 0 aliphatic carbocycles. The average Bonchev–Trinajstić information content (AvgIpc) is 3.28. The van der Waals surface area contributed by atoms with Gasteiger partial charge in [0.25, 0.3) is 0 Å². The molecule has 0 saturated carbocycles. The number of pyridine rings is 2. The van der Waals surface area contributed by atoms with Crippen molar-refractivity contribution < 1.29 is 18.9 Å². The molecule has 0 radical (unpaired) electrons. The Morgan fingerprint density at radius 2 is 1.87 bits per heavy atom. The predicted molar refractivity (Wildman–Crippen MR) is 122 cm³/mol. The van der Waals surface area contributed by atoms with Crippen molar-refractivity contribution in [1.29, 1.82) is 0 Å². The highest BCUT2D eigenvalue weighted by Crippen LogP contribution is 2.46. The van der Waals surface area contributed by atoms with Gasteiger partial charge < -0.3 is 24.3 Å². The molecule has 3 heterocycles. The van der Waals surface area contributed by atoms with Crippen LogP contribution in [0.25, 0.3) is 22.0 Å². The molecular weight excluding hydrogens is 441 g/mol. The average molecular weight is 464 g/mol. The zero-order valence-electron chi connectivity index (χ0n) is 17.5. The van der Waals surface area contributed by atoms with Gasteiger partial charge in [0, 0.05) is 35.2 Å². The van der Waals surface area contributed by atoms with Crippen LogP contribution >= 0.6 is 23.2 Å². The number of nitrogens with one attached hydrogen (secondary N) is 1. The lowest BCUT2D eigenvalue weighted by molar-refractivity contribution is 0.195. The van der Waals surface area contributed by atoms with Crippen LogP contribution in [0.4, 0.5) is 5.82 Å². The number of hydrogen-bond acceptors (Lipinski definition) is 7. The number of aromatic nitrogens is 2. The highest BCUT2D eigenvalue weighted by atomic mass is 35.5. The molecule has 3 aromatic rings. The molecule has 0 spiro atoms. The molecule has 1 saturated heterocycles. The Bertz CT molecular complexity index is 1080. The highest BCUT2D eigenvalue weighted by Gasteiger charge is 2.22. The second kappa shape index (κ2) is 9.34. The van der Waals surface area contributed by atoms with Crippen LogP contribution in [0.3, 0.4) is 0 Å². The summed E-state index contributed by atoms with van der Waals surface area (Å²) in [5.74, 6) is 2.10. The van der Waals surface area contributed by atoms with Crippen LogP contribution in [0, 0.1) is 0 Å². The fraction of sp³-hybridized carbons (Fsp3) is 0.364. The van der Waals surface area contributed by atoms with E-state index in [4.69, 9.17) is 47.1 Å². The molecule has 1 aliphatic rings. The van der Waals surface area contributed by atoms with Gasteiger partial charge in [0.05, 0.1) is 49.2 Å². The van der Waals surface area contributed by atoms with Crippen LogP contribution < -0.4 is 19.5 Å².